The second-order valence-corrected chi connectivity index (χ2v) is 14.5. The average molecular weight is 728 g/mol. The van der Waals surface area contributed by atoms with E-state index in [1.54, 1.807) is 19.5 Å². The van der Waals surface area contributed by atoms with Crippen LogP contribution in [0.4, 0.5) is 0 Å². The molecule has 1 atom stereocenters. The smallest absolute Gasteiger partial charge is 0.237 e. The van der Waals surface area contributed by atoms with E-state index in [4.69, 9.17) is 42.6 Å². The molecular formula is C33H36Cl2N8O5S. The number of benzene rings is 2. The quantitative estimate of drug-likeness (QED) is 0.184. The minimum atomic E-state index is -3.26. The first-order chi connectivity index (χ1) is 23.5. The first kappa shape index (κ1) is 34.9. The van der Waals surface area contributed by atoms with Crippen LogP contribution in [0.1, 0.15) is 24.2 Å². The van der Waals surface area contributed by atoms with Crippen molar-refractivity contribution in [2.75, 3.05) is 40.1 Å². The highest BCUT2D eigenvalue weighted by Gasteiger charge is 2.30. The van der Waals surface area contributed by atoms with Crippen molar-refractivity contribution in [1.82, 2.24) is 40.2 Å². The van der Waals surface area contributed by atoms with Gasteiger partial charge in [-0.05, 0) is 6.42 Å². The van der Waals surface area contributed by atoms with Crippen LogP contribution in [0, 0.1) is 0 Å². The fraction of sp³-hybridized carbons (Fsp3) is 0.364. The lowest BCUT2D eigenvalue weighted by atomic mass is 9.98. The number of halogens is 2. The van der Waals surface area contributed by atoms with Crippen molar-refractivity contribution in [2.24, 2.45) is 0 Å². The van der Waals surface area contributed by atoms with Gasteiger partial charge in [-0.2, -0.15) is 0 Å². The summed E-state index contributed by atoms with van der Waals surface area (Å²) in [6.07, 6.45) is 5.81. The van der Waals surface area contributed by atoms with E-state index < -0.39 is 10.0 Å². The monoisotopic (exact) mass is 726 g/mol. The van der Waals surface area contributed by atoms with Gasteiger partial charge in [-0.15, -0.1) is 0 Å². The van der Waals surface area contributed by atoms with Gasteiger partial charge in [0.05, 0.1) is 54.3 Å². The lowest BCUT2D eigenvalue weighted by molar-refractivity contribution is -0.119. The van der Waals surface area contributed by atoms with Gasteiger partial charge in [-0.25, -0.2) is 23.1 Å². The van der Waals surface area contributed by atoms with Crippen molar-refractivity contribution in [3.05, 3.63) is 70.2 Å². The van der Waals surface area contributed by atoms with Gasteiger partial charge in [0.1, 0.15) is 11.4 Å². The molecule has 0 saturated carbocycles. The lowest BCUT2D eigenvalue weighted by Gasteiger charge is -2.38. The van der Waals surface area contributed by atoms with E-state index >= 15 is 0 Å². The van der Waals surface area contributed by atoms with Crippen molar-refractivity contribution in [3.63, 3.8) is 0 Å². The first-order valence-corrected chi connectivity index (χ1v) is 18.3. The molecule has 0 aliphatic carbocycles. The van der Waals surface area contributed by atoms with Gasteiger partial charge in [0.15, 0.2) is 0 Å². The molecule has 0 radical (unpaired) electrons. The third-order valence-corrected chi connectivity index (χ3v) is 9.90. The first-order valence-electron chi connectivity index (χ1n) is 15.6. The zero-order chi connectivity index (χ0) is 34.7. The maximum absolute atomic E-state index is 11.5. The Labute approximate surface area is 294 Å². The molecule has 3 N–H and O–H groups in total. The van der Waals surface area contributed by atoms with Gasteiger partial charge in [0, 0.05) is 73.5 Å². The number of sulfonamides is 1. The average Bonchev–Trinajstić information content (AvgIpc) is 3.48. The van der Waals surface area contributed by atoms with E-state index in [2.05, 4.69) is 30.2 Å². The summed E-state index contributed by atoms with van der Waals surface area (Å²) in [4.78, 5) is 32.2. The third-order valence-electron chi connectivity index (χ3n) is 8.33. The van der Waals surface area contributed by atoms with Crippen LogP contribution in [0.2, 0.25) is 10.0 Å². The van der Waals surface area contributed by atoms with E-state index in [0.717, 1.165) is 12.7 Å². The molecule has 258 valence electrons. The summed E-state index contributed by atoms with van der Waals surface area (Å²) in [5, 5.41) is 7.14. The fourth-order valence-corrected chi connectivity index (χ4v) is 7.37. The highest BCUT2D eigenvalue weighted by molar-refractivity contribution is 7.88. The van der Waals surface area contributed by atoms with Gasteiger partial charge in [-0.3, -0.25) is 19.7 Å². The number of nitrogens with one attached hydrogen (secondary N) is 3. The minimum absolute atomic E-state index is 0.0740. The van der Waals surface area contributed by atoms with E-state index in [-0.39, 0.29) is 18.0 Å². The zero-order valence-electron chi connectivity index (χ0n) is 27.2. The molecule has 2 saturated heterocycles. The summed E-state index contributed by atoms with van der Waals surface area (Å²) in [5.74, 6) is 0.803. The molecule has 49 heavy (non-hydrogen) atoms. The van der Waals surface area contributed by atoms with Gasteiger partial charge < -0.3 is 20.1 Å². The number of hydrogen-bond donors (Lipinski definition) is 3. The Kier molecular flexibility index (Phi) is 10.6. The maximum Gasteiger partial charge on any atom is 0.237 e. The molecule has 0 spiro atoms. The Morgan fingerprint density at radius 2 is 1.45 bits per heavy atom. The summed E-state index contributed by atoms with van der Waals surface area (Å²) in [6.45, 7) is 2.64. The van der Waals surface area contributed by atoms with Crippen LogP contribution >= 0.6 is 23.2 Å². The third kappa shape index (κ3) is 8.11. The Morgan fingerprint density at radius 1 is 0.898 bits per heavy atom. The highest BCUT2D eigenvalue weighted by Crippen LogP contribution is 2.42. The van der Waals surface area contributed by atoms with Crippen LogP contribution in [-0.2, 0) is 27.9 Å². The van der Waals surface area contributed by atoms with E-state index in [1.807, 2.05) is 36.4 Å². The number of hydrogen-bond acceptors (Lipinski definition) is 11. The predicted molar refractivity (Wildman–Crippen MR) is 187 cm³/mol. The summed E-state index contributed by atoms with van der Waals surface area (Å²) in [7, 11) is -0.186. The number of nitrogens with zero attached hydrogens (tertiary/aromatic N) is 5. The zero-order valence-corrected chi connectivity index (χ0v) is 29.5. The van der Waals surface area contributed by atoms with E-state index in [9.17, 15) is 13.2 Å². The highest BCUT2D eigenvalue weighted by atomic mass is 35.5. The van der Waals surface area contributed by atoms with Gasteiger partial charge in [0.2, 0.25) is 27.7 Å². The number of aromatic nitrogens is 4. The van der Waals surface area contributed by atoms with Crippen LogP contribution in [0.25, 0.3) is 33.6 Å². The molecule has 13 nitrogen and oxygen atoms in total. The number of carbonyl (C=O) groups excluding carboxylic acids is 1. The number of likely N-dealkylation sites (tertiary alicyclic amines) is 1. The van der Waals surface area contributed by atoms with Crippen molar-refractivity contribution in [1.29, 1.82) is 0 Å². The molecule has 16 heteroatoms. The van der Waals surface area contributed by atoms with Crippen LogP contribution in [0.5, 0.6) is 11.8 Å². The van der Waals surface area contributed by atoms with Crippen LogP contribution < -0.4 is 24.8 Å². The largest absolute Gasteiger partial charge is 0.480 e. The second kappa shape index (κ2) is 14.9. The van der Waals surface area contributed by atoms with E-state index in [1.165, 1.54) is 7.11 Å². The number of amides is 1. The summed E-state index contributed by atoms with van der Waals surface area (Å²) in [5.41, 5.74) is 5.03. The predicted octanol–water partition coefficient (Wildman–Crippen LogP) is 3.69. The molecule has 2 aliphatic rings. The fourth-order valence-electron chi connectivity index (χ4n) is 5.97. The Hall–Kier alpha value is -3.92. The standard InChI is InChI=1S/C33H36Cl2N8O5S/c1-47-32-27(13-36-12-19-10-11-29(44)39-19)37-14-25(40-32)23-8-4-6-21(30(23)34)22-7-5-9-24(31(22)35)26-15-38-28(33(41-26)48-2)18-43-16-20(17-43)42-49(3,45)46/h4-9,14-15,19-20,36,42H,10-13,16-18H2,1-3H3,(H,39,44)/t19-/m0/s1. The topological polar surface area (TPSA) is 161 Å². The molecular weight excluding hydrogens is 691 g/mol. The van der Waals surface area contributed by atoms with Crippen LogP contribution in [0.3, 0.4) is 0 Å². The molecule has 2 fully saturated rings. The van der Waals surface area contributed by atoms with Gasteiger partial charge in [0.25, 0.3) is 0 Å². The van der Waals surface area contributed by atoms with Crippen molar-refractivity contribution >= 4 is 39.1 Å². The Bertz CT molecular complexity index is 1980. The van der Waals surface area contributed by atoms with Crippen molar-refractivity contribution in [3.8, 4) is 45.4 Å². The molecule has 2 aromatic heterocycles. The Balaban J connectivity index is 1.20. The van der Waals surface area contributed by atoms with Crippen LogP contribution in [0.15, 0.2) is 48.8 Å². The molecule has 2 aliphatic heterocycles. The summed E-state index contributed by atoms with van der Waals surface area (Å²) < 4.78 is 36.8. The maximum atomic E-state index is 11.5. The number of ether oxygens (including phenoxy) is 2. The molecule has 0 bridgehead atoms. The normalized spacial score (nSPS) is 16.8. The van der Waals surface area contributed by atoms with Crippen molar-refractivity contribution < 1.29 is 22.7 Å². The summed E-state index contributed by atoms with van der Waals surface area (Å²) >= 11 is 14.1. The van der Waals surface area contributed by atoms with Crippen molar-refractivity contribution in [2.45, 2.75) is 38.0 Å². The second-order valence-electron chi connectivity index (χ2n) is 12.0. The van der Waals surface area contributed by atoms with Gasteiger partial charge >= 0.3 is 0 Å². The minimum Gasteiger partial charge on any atom is -0.480 e. The molecule has 2 aromatic carbocycles. The Morgan fingerprint density at radius 3 is 1.98 bits per heavy atom. The SMILES string of the molecule is COc1nc(-c2cccc(-c3cccc(-c4cnc(CN5CC(NS(C)(=O)=O)C5)c(OC)n4)c3Cl)c2Cl)cnc1CNC[C@@H]1CCC(=O)N1. The van der Waals surface area contributed by atoms with Crippen LogP contribution in [-0.4, -0.2) is 91.4 Å². The lowest BCUT2D eigenvalue weighted by Crippen LogP contribution is -2.58. The van der Waals surface area contributed by atoms with E-state index in [0.29, 0.717) is 106 Å². The number of rotatable bonds is 13. The molecule has 4 heterocycles. The molecule has 0 unspecified atom stereocenters. The molecule has 6 rings (SSSR count). The number of methoxy groups -OCH3 is 2. The van der Waals surface area contributed by atoms with Gasteiger partial charge in [-0.1, -0.05) is 59.6 Å². The molecule has 1 amide bonds. The number of carbonyl (C=O) groups is 1. The summed E-state index contributed by atoms with van der Waals surface area (Å²) in [6, 6.07) is 11.2. The molecule has 4 aromatic rings.